The van der Waals surface area contributed by atoms with Crippen LogP contribution >= 0.6 is 0 Å². The molecule has 0 aromatic heterocycles. The Hall–Kier alpha value is 0.430. The van der Waals surface area contributed by atoms with Crippen molar-refractivity contribution in [3.05, 3.63) is 28.8 Å². The summed E-state index contributed by atoms with van der Waals surface area (Å²) in [5.74, 6) is -5.48. The SMILES string of the molecule is CCCCCCCCCCCCCNc1cc(C(=O)[O-])c(C(=O)[O-])c(C(=O)[O-])c1.[Na+].[Na+].[Na+]. The quantitative estimate of drug-likeness (QED) is 0.186. The van der Waals surface area contributed by atoms with Gasteiger partial charge in [0.05, 0.1) is 17.9 Å². The summed E-state index contributed by atoms with van der Waals surface area (Å²) < 4.78 is 0. The van der Waals surface area contributed by atoms with Crippen LogP contribution in [-0.2, 0) is 0 Å². The summed E-state index contributed by atoms with van der Waals surface area (Å²) in [6, 6.07) is 2.09. The van der Waals surface area contributed by atoms with Gasteiger partial charge in [-0.2, -0.15) is 0 Å². The summed E-state index contributed by atoms with van der Waals surface area (Å²) in [6.07, 6.45) is 13.1. The standard InChI is InChI=1S/C22H33NO6.3Na/c1-2-3-4-5-6-7-8-9-10-11-12-13-23-16-14-17(20(24)25)19(22(28)29)18(15-16)21(26)27;;;/h14-15,23H,2-13H2,1H3,(H,24,25)(H,26,27)(H,28,29);;;/q;3*+1/p-3. The second-order valence-corrected chi connectivity index (χ2v) is 7.27. The molecule has 0 bridgehead atoms. The molecular weight excluding hydrogens is 443 g/mol. The number of carboxylic acid groups (broad SMARTS) is 3. The molecule has 0 aliphatic heterocycles. The molecule has 0 heterocycles. The zero-order valence-corrected chi connectivity index (χ0v) is 26.1. The molecule has 162 valence electrons. The van der Waals surface area contributed by atoms with E-state index in [1.165, 1.54) is 51.4 Å². The maximum Gasteiger partial charge on any atom is 1.00 e. The third-order valence-electron chi connectivity index (χ3n) is 4.89. The molecule has 1 aromatic carbocycles. The molecule has 0 unspecified atom stereocenters. The molecule has 0 atom stereocenters. The molecule has 1 rings (SSSR count). The van der Waals surface area contributed by atoms with Crippen LogP contribution in [0.3, 0.4) is 0 Å². The van der Waals surface area contributed by atoms with Gasteiger partial charge >= 0.3 is 88.7 Å². The third-order valence-corrected chi connectivity index (χ3v) is 4.89. The van der Waals surface area contributed by atoms with Crippen molar-refractivity contribution in [3.8, 4) is 0 Å². The van der Waals surface area contributed by atoms with E-state index >= 15 is 0 Å². The molecule has 32 heavy (non-hydrogen) atoms. The van der Waals surface area contributed by atoms with Gasteiger partial charge in [0, 0.05) is 28.9 Å². The molecule has 0 saturated carbocycles. The fourth-order valence-electron chi connectivity index (χ4n) is 3.31. The predicted octanol–water partition coefficient (Wildman–Crippen LogP) is -7.49. The summed E-state index contributed by atoms with van der Waals surface area (Å²) in [4.78, 5) is 33.5. The molecule has 1 N–H and O–H groups in total. The normalized spacial score (nSPS) is 9.66. The van der Waals surface area contributed by atoms with Crippen LogP contribution < -0.4 is 109 Å². The van der Waals surface area contributed by atoms with Crippen LogP contribution in [0.5, 0.6) is 0 Å². The van der Waals surface area contributed by atoms with Gasteiger partial charge in [0.2, 0.25) is 0 Å². The summed E-state index contributed by atoms with van der Waals surface area (Å²) in [7, 11) is 0. The molecule has 10 heteroatoms. The van der Waals surface area contributed by atoms with E-state index in [1.807, 2.05) is 0 Å². The molecule has 0 radical (unpaired) electrons. The Bertz CT molecular complexity index is 665. The Balaban J connectivity index is -0.00000280. The zero-order chi connectivity index (χ0) is 21.6. The van der Waals surface area contributed by atoms with Crippen molar-refractivity contribution in [2.45, 2.75) is 77.6 Å². The first kappa shape index (κ1) is 37.0. The maximum atomic E-state index is 11.2. The van der Waals surface area contributed by atoms with E-state index in [0.717, 1.165) is 31.4 Å². The number of nitrogens with one attached hydrogen (secondary N) is 1. The van der Waals surface area contributed by atoms with Gasteiger partial charge in [-0.15, -0.1) is 0 Å². The number of anilines is 1. The monoisotopic (exact) mass is 473 g/mol. The fourth-order valence-corrected chi connectivity index (χ4v) is 3.31. The van der Waals surface area contributed by atoms with Crippen molar-refractivity contribution in [3.63, 3.8) is 0 Å². The van der Waals surface area contributed by atoms with Crippen LogP contribution in [0.1, 0.15) is 109 Å². The van der Waals surface area contributed by atoms with Crippen molar-refractivity contribution >= 4 is 23.6 Å². The number of hydrogen-bond donors (Lipinski definition) is 1. The van der Waals surface area contributed by atoms with Crippen LogP contribution in [0.15, 0.2) is 12.1 Å². The Kier molecular flexibility index (Phi) is 25.3. The maximum absolute atomic E-state index is 11.2. The van der Waals surface area contributed by atoms with Crippen LogP contribution in [0, 0.1) is 0 Å². The smallest absolute Gasteiger partial charge is 0.545 e. The number of hydrogen-bond acceptors (Lipinski definition) is 7. The van der Waals surface area contributed by atoms with Gasteiger partial charge in [-0.3, -0.25) is 0 Å². The summed E-state index contributed by atoms with van der Waals surface area (Å²) in [5.41, 5.74) is -2.23. The number of rotatable bonds is 16. The molecule has 0 amide bonds. The summed E-state index contributed by atoms with van der Waals surface area (Å²) in [5, 5.41) is 36.4. The Morgan fingerprint density at radius 3 is 1.38 bits per heavy atom. The van der Waals surface area contributed by atoms with E-state index in [9.17, 15) is 29.7 Å². The molecule has 0 fully saturated rings. The molecule has 0 aliphatic carbocycles. The largest absolute Gasteiger partial charge is 1.00 e. The zero-order valence-electron chi connectivity index (χ0n) is 20.1. The van der Waals surface area contributed by atoms with Crippen molar-refractivity contribution < 1.29 is 118 Å². The second-order valence-electron chi connectivity index (χ2n) is 7.27. The number of carboxylic acids is 3. The number of aromatic carboxylic acids is 3. The third kappa shape index (κ3) is 14.6. The van der Waals surface area contributed by atoms with E-state index in [4.69, 9.17) is 0 Å². The van der Waals surface area contributed by atoms with Crippen LogP contribution in [0.4, 0.5) is 5.69 Å². The first-order valence-electron chi connectivity index (χ1n) is 10.4. The van der Waals surface area contributed by atoms with Gasteiger partial charge in [-0.1, -0.05) is 71.1 Å². The van der Waals surface area contributed by atoms with Crippen LogP contribution in [-0.4, -0.2) is 24.5 Å². The Morgan fingerprint density at radius 1 is 0.656 bits per heavy atom. The molecule has 1 aromatic rings. The Labute approximate surface area is 257 Å². The fraction of sp³-hybridized carbons (Fsp3) is 0.591. The average molecular weight is 473 g/mol. The van der Waals surface area contributed by atoms with E-state index in [2.05, 4.69) is 12.2 Å². The molecule has 0 saturated heterocycles. The van der Waals surface area contributed by atoms with Crippen molar-refractivity contribution in [2.75, 3.05) is 11.9 Å². The first-order valence-corrected chi connectivity index (χ1v) is 10.4. The summed E-state index contributed by atoms with van der Waals surface area (Å²) >= 11 is 0. The van der Waals surface area contributed by atoms with E-state index in [-0.39, 0.29) is 94.4 Å². The average Bonchev–Trinajstić information content (AvgIpc) is 2.67. The number of carbonyl (C=O) groups excluding carboxylic acids is 3. The summed E-state index contributed by atoms with van der Waals surface area (Å²) in [6.45, 7) is 2.72. The minimum Gasteiger partial charge on any atom is -0.545 e. The van der Waals surface area contributed by atoms with Gasteiger partial charge in [0.1, 0.15) is 0 Å². The Morgan fingerprint density at radius 2 is 1.03 bits per heavy atom. The molecule has 0 spiro atoms. The van der Waals surface area contributed by atoms with Crippen molar-refractivity contribution in [2.24, 2.45) is 0 Å². The van der Waals surface area contributed by atoms with Crippen LogP contribution in [0.25, 0.3) is 0 Å². The van der Waals surface area contributed by atoms with Crippen molar-refractivity contribution in [1.29, 1.82) is 0 Å². The number of unbranched alkanes of at least 4 members (excludes halogenated alkanes) is 10. The van der Waals surface area contributed by atoms with Crippen LogP contribution in [0.2, 0.25) is 0 Å². The predicted molar refractivity (Wildman–Crippen MR) is 104 cm³/mol. The molecule has 7 nitrogen and oxygen atoms in total. The second kappa shape index (κ2) is 21.9. The number of carbonyl (C=O) groups is 3. The van der Waals surface area contributed by atoms with E-state index in [1.54, 1.807) is 0 Å². The van der Waals surface area contributed by atoms with Gasteiger partial charge in [-0.05, 0) is 18.6 Å². The van der Waals surface area contributed by atoms with Crippen molar-refractivity contribution in [1.82, 2.24) is 0 Å². The van der Waals surface area contributed by atoms with Gasteiger partial charge < -0.3 is 35.0 Å². The topological polar surface area (TPSA) is 132 Å². The van der Waals surface area contributed by atoms with Gasteiger partial charge in [-0.25, -0.2) is 0 Å². The first-order chi connectivity index (χ1) is 13.9. The van der Waals surface area contributed by atoms with Gasteiger partial charge in [0.25, 0.3) is 0 Å². The molecule has 0 aliphatic rings. The minimum atomic E-state index is -1.90. The van der Waals surface area contributed by atoms with E-state index < -0.39 is 34.6 Å². The molecular formula is C22H30NNa3O6. The van der Waals surface area contributed by atoms with E-state index in [0.29, 0.717) is 6.54 Å². The minimum absolute atomic E-state index is 0. The number of benzene rings is 1. The van der Waals surface area contributed by atoms with Gasteiger partial charge in [0.15, 0.2) is 0 Å².